The highest BCUT2D eigenvalue weighted by Crippen LogP contribution is 2.40. The van der Waals surface area contributed by atoms with Gasteiger partial charge in [-0.15, -0.1) is 0 Å². The molecule has 12 heteroatoms. The number of nitrogens with two attached hydrogens (primary N) is 1. The van der Waals surface area contributed by atoms with E-state index in [1.54, 1.807) is 18.2 Å². The summed E-state index contributed by atoms with van der Waals surface area (Å²) < 4.78 is 10.5. The van der Waals surface area contributed by atoms with Crippen molar-refractivity contribution in [2.24, 2.45) is 10.7 Å². The van der Waals surface area contributed by atoms with Gasteiger partial charge >= 0.3 is 18.0 Å². The van der Waals surface area contributed by atoms with E-state index in [0.717, 1.165) is 0 Å². The van der Waals surface area contributed by atoms with Crippen LogP contribution in [0, 0.1) is 0 Å². The Morgan fingerprint density at radius 3 is 2.27 bits per heavy atom. The lowest BCUT2D eigenvalue weighted by molar-refractivity contribution is -0.153. The number of benzene rings is 1. The molecule has 0 aromatic heterocycles. The van der Waals surface area contributed by atoms with E-state index in [9.17, 15) is 14.4 Å². The number of halogens is 2. The Kier molecular flexibility index (Phi) is 9.85. The molecular formula is C29H41Cl2N5O5. The van der Waals surface area contributed by atoms with Gasteiger partial charge in [0.25, 0.3) is 0 Å². The Labute approximate surface area is 252 Å². The molecule has 41 heavy (non-hydrogen) atoms. The lowest BCUT2D eigenvalue weighted by Gasteiger charge is -2.51. The standard InChI is InChI=1S/C29H41Cl2N5O5/c1-17-21(18-10-9-11-19(30)22(18)31)23(24(38)40-20(37)16-32)33-25(36(17)27(2,3)4)35-14-12-29(8,13-15-35)34-26(39)41-28(5,6)7/h9-11,25H,12-16,32H2,1-8H3,(H,34,39). The quantitative estimate of drug-likeness (QED) is 0.354. The van der Waals surface area contributed by atoms with E-state index in [4.69, 9.17) is 43.4 Å². The van der Waals surface area contributed by atoms with E-state index in [2.05, 4.69) is 35.9 Å². The zero-order chi connectivity index (χ0) is 30.9. The summed E-state index contributed by atoms with van der Waals surface area (Å²) in [7, 11) is 0. The first-order valence-corrected chi connectivity index (χ1v) is 14.4. The highest BCUT2D eigenvalue weighted by Gasteiger charge is 2.43. The van der Waals surface area contributed by atoms with E-state index >= 15 is 0 Å². The van der Waals surface area contributed by atoms with Crippen molar-refractivity contribution in [3.05, 3.63) is 39.5 Å². The zero-order valence-corrected chi connectivity index (χ0v) is 26.6. The summed E-state index contributed by atoms with van der Waals surface area (Å²) >= 11 is 13.0. The van der Waals surface area contributed by atoms with Crippen LogP contribution in [0.2, 0.25) is 10.0 Å². The first kappa shape index (κ1) is 32.8. The number of alkyl carbamates (subject to hydrolysis) is 1. The van der Waals surface area contributed by atoms with Crippen LogP contribution >= 0.6 is 23.2 Å². The molecule has 0 bridgehead atoms. The second-order valence-electron chi connectivity index (χ2n) is 12.6. The van der Waals surface area contributed by atoms with Crippen molar-refractivity contribution in [3.63, 3.8) is 0 Å². The number of esters is 2. The average Bonchev–Trinajstić information content (AvgIpc) is 2.83. The second kappa shape index (κ2) is 12.3. The van der Waals surface area contributed by atoms with Crippen molar-refractivity contribution in [1.29, 1.82) is 0 Å². The molecular weight excluding hydrogens is 569 g/mol. The number of likely N-dealkylation sites (tertiary alicyclic amines) is 1. The van der Waals surface area contributed by atoms with Crippen LogP contribution < -0.4 is 11.1 Å². The highest BCUT2D eigenvalue weighted by atomic mass is 35.5. The van der Waals surface area contributed by atoms with Crippen molar-refractivity contribution in [2.45, 2.75) is 91.2 Å². The molecule has 1 aromatic carbocycles. The lowest BCUT2D eigenvalue weighted by Crippen LogP contribution is -2.61. The number of aliphatic imine (C=N–C) groups is 1. The van der Waals surface area contributed by atoms with Crippen LogP contribution in [0.1, 0.15) is 73.8 Å². The number of amides is 1. The van der Waals surface area contributed by atoms with Gasteiger partial charge in [0.15, 0.2) is 12.0 Å². The number of piperidine rings is 1. The number of hydrogen-bond acceptors (Lipinski definition) is 9. The summed E-state index contributed by atoms with van der Waals surface area (Å²) in [5.41, 5.74) is 5.48. The number of ether oxygens (including phenoxy) is 2. The van der Waals surface area contributed by atoms with Gasteiger partial charge in [0.05, 0.1) is 16.6 Å². The second-order valence-corrected chi connectivity index (χ2v) is 13.4. The van der Waals surface area contributed by atoms with Crippen LogP contribution in [0.5, 0.6) is 0 Å². The predicted molar refractivity (Wildman–Crippen MR) is 161 cm³/mol. The number of nitrogens with zero attached hydrogens (tertiary/aromatic N) is 3. The molecule has 226 valence electrons. The fraction of sp³-hybridized carbons (Fsp3) is 0.586. The van der Waals surface area contributed by atoms with Crippen molar-refractivity contribution in [2.75, 3.05) is 19.6 Å². The topological polar surface area (TPSA) is 127 Å². The van der Waals surface area contributed by atoms with E-state index in [1.165, 1.54) is 0 Å². The third-order valence-corrected chi connectivity index (χ3v) is 7.80. The number of hydrogen-bond donors (Lipinski definition) is 2. The van der Waals surface area contributed by atoms with Gasteiger partial charge in [0, 0.05) is 41.0 Å². The molecule has 3 N–H and O–H groups in total. The van der Waals surface area contributed by atoms with Gasteiger partial charge in [-0.3, -0.25) is 9.69 Å². The first-order chi connectivity index (χ1) is 18.9. The normalized spacial score (nSPS) is 19.9. The molecule has 2 aliphatic heterocycles. The fourth-order valence-electron chi connectivity index (χ4n) is 5.09. The van der Waals surface area contributed by atoms with Gasteiger partial charge in [0.1, 0.15) is 5.60 Å². The van der Waals surface area contributed by atoms with E-state index in [0.29, 0.717) is 47.8 Å². The molecule has 1 amide bonds. The molecule has 0 saturated carbocycles. The largest absolute Gasteiger partial charge is 0.444 e. The van der Waals surface area contributed by atoms with E-state index in [1.807, 2.05) is 34.6 Å². The number of carbonyl (C=O) groups excluding carboxylic acids is 3. The van der Waals surface area contributed by atoms with Crippen LogP contribution in [0.3, 0.4) is 0 Å². The molecule has 0 spiro atoms. The number of allylic oxidation sites excluding steroid dienone is 1. The fourth-order valence-corrected chi connectivity index (χ4v) is 5.48. The number of nitrogens with one attached hydrogen (secondary N) is 1. The van der Waals surface area contributed by atoms with Gasteiger partial charge in [-0.05, 0) is 74.3 Å². The maximum Gasteiger partial charge on any atom is 0.408 e. The number of carbonyl (C=O) groups is 3. The minimum atomic E-state index is -0.919. The molecule has 1 aromatic rings. The number of rotatable bonds is 5. The van der Waals surface area contributed by atoms with Gasteiger partial charge in [-0.25, -0.2) is 14.6 Å². The minimum absolute atomic E-state index is 0.0424. The smallest absolute Gasteiger partial charge is 0.408 e. The summed E-state index contributed by atoms with van der Waals surface area (Å²) in [6.45, 7) is 16.2. The molecule has 1 unspecified atom stereocenters. The Bertz CT molecular complexity index is 1260. The van der Waals surface area contributed by atoms with Crippen LogP contribution in [0.15, 0.2) is 28.9 Å². The van der Waals surface area contributed by atoms with Crippen LogP contribution in [0.4, 0.5) is 4.79 Å². The van der Waals surface area contributed by atoms with Crippen LogP contribution in [-0.2, 0) is 19.1 Å². The van der Waals surface area contributed by atoms with Gasteiger partial charge in [0.2, 0.25) is 0 Å². The van der Waals surface area contributed by atoms with Gasteiger partial charge in [-0.2, -0.15) is 0 Å². The lowest BCUT2D eigenvalue weighted by atomic mass is 9.89. The van der Waals surface area contributed by atoms with Crippen molar-refractivity contribution in [1.82, 2.24) is 15.1 Å². The van der Waals surface area contributed by atoms with Crippen LogP contribution in [0.25, 0.3) is 5.57 Å². The Morgan fingerprint density at radius 1 is 1.12 bits per heavy atom. The molecule has 3 rings (SSSR count). The van der Waals surface area contributed by atoms with Crippen molar-refractivity contribution >= 4 is 52.5 Å². The Hall–Kier alpha value is -2.66. The Morgan fingerprint density at radius 2 is 1.73 bits per heavy atom. The summed E-state index contributed by atoms with van der Waals surface area (Å²) in [6, 6.07) is 5.13. The van der Waals surface area contributed by atoms with Crippen LogP contribution in [-0.4, -0.2) is 76.1 Å². The van der Waals surface area contributed by atoms with Gasteiger partial charge in [-0.1, -0.05) is 35.3 Å². The monoisotopic (exact) mass is 609 g/mol. The maximum atomic E-state index is 13.4. The molecule has 10 nitrogen and oxygen atoms in total. The molecule has 0 aliphatic carbocycles. The van der Waals surface area contributed by atoms with Gasteiger partial charge < -0.3 is 25.4 Å². The molecule has 1 fully saturated rings. The average molecular weight is 611 g/mol. The summed E-state index contributed by atoms with van der Waals surface area (Å²) in [5.74, 6) is -1.79. The summed E-state index contributed by atoms with van der Waals surface area (Å²) in [6.07, 6.45) is 0.185. The third kappa shape index (κ3) is 7.80. The molecule has 2 aliphatic rings. The summed E-state index contributed by atoms with van der Waals surface area (Å²) in [4.78, 5) is 47.1. The molecule has 2 heterocycles. The Balaban J connectivity index is 2.03. The maximum absolute atomic E-state index is 13.4. The summed E-state index contributed by atoms with van der Waals surface area (Å²) in [5, 5.41) is 3.59. The first-order valence-electron chi connectivity index (χ1n) is 13.6. The predicted octanol–water partition coefficient (Wildman–Crippen LogP) is 4.97. The molecule has 1 atom stereocenters. The van der Waals surface area contributed by atoms with Crippen molar-refractivity contribution in [3.8, 4) is 0 Å². The van der Waals surface area contributed by atoms with Crippen molar-refractivity contribution < 1.29 is 23.9 Å². The van der Waals surface area contributed by atoms with E-state index < -0.39 is 47.5 Å². The highest BCUT2D eigenvalue weighted by molar-refractivity contribution is 6.57. The molecule has 0 radical (unpaired) electrons. The third-order valence-electron chi connectivity index (χ3n) is 6.98. The zero-order valence-electron chi connectivity index (χ0n) is 25.1. The molecule has 1 saturated heterocycles. The SMILES string of the molecule is CC1=C(c2cccc(Cl)c2Cl)C(C(=O)OC(=O)CN)=NC(N2CCC(C)(NC(=O)OC(C)(C)C)CC2)N1C(C)(C)C. The van der Waals surface area contributed by atoms with E-state index in [-0.39, 0.29) is 10.7 Å². The minimum Gasteiger partial charge on any atom is -0.444 e.